The summed E-state index contributed by atoms with van der Waals surface area (Å²) >= 11 is 0. The minimum Gasteiger partial charge on any atom is -0.341 e. The lowest BCUT2D eigenvalue weighted by Gasteiger charge is -2.38. The zero-order chi connectivity index (χ0) is 16.1. The van der Waals surface area contributed by atoms with E-state index in [2.05, 4.69) is 17.6 Å². The minimum absolute atomic E-state index is 0.209. The molecule has 23 heavy (non-hydrogen) atoms. The van der Waals surface area contributed by atoms with E-state index in [1.54, 1.807) is 0 Å². The summed E-state index contributed by atoms with van der Waals surface area (Å²) in [4.78, 5) is 13.2. The van der Waals surface area contributed by atoms with Crippen LogP contribution >= 0.6 is 0 Å². The van der Waals surface area contributed by atoms with Crippen LogP contribution in [0.25, 0.3) is 0 Å². The summed E-state index contributed by atoms with van der Waals surface area (Å²) in [7, 11) is 0. The van der Waals surface area contributed by atoms with E-state index in [-0.39, 0.29) is 12.1 Å². The lowest BCUT2D eigenvalue weighted by Crippen LogP contribution is -2.54. The Hall–Kier alpha value is -0.570. The van der Waals surface area contributed by atoms with Gasteiger partial charge < -0.3 is 5.32 Å². The summed E-state index contributed by atoms with van der Waals surface area (Å²) < 4.78 is 0. The average Bonchev–Trinajstić information content (AvgIpc) is 2.57. The largest absolute Gasteiger partial charge is 0.341 e. The van der Waals surface area contributed by atoms with Crippen molar-refractivity contribution in [1.29, 1.82) is 0 Å². The first-order valence-electron chi connectivity index (χ1n) is 10.3. The third-order valence-corrected chi connectivity index (χ3v) is 6.55. The minimum atomic E-state index is 0.209. The highest BCUT2D eigenvalue weighted by Crippen LogP contribution is 2.40. The highest BCUT2D eigenvalue weighted by atomic mass is 16.2. The number of carbonyl (C=O) groups is 1. The predicted molar refractivity (Wildman–Crippen MR) is 95.0 cm³/mol. The predicted octanol–water partition coefficient (Wildman–Crippen LogP) is 4.37. The smallest absolute Gasteiger partial charge is 0.224 e. The first-order valence-corrected chi connectivity index (χ1v) is 10.3. The van der Waals surface area contributed by atoms with E-state index < -0.39 is 0 Å². The molecule has 1 aliphatic heterocycles. The molecule has 132 valence electrons. The summed E-state index contributed by atoms with van der Waals surface area (Å²) in [5, 5.41) is 6.97. The van der Waals surface area contributed by atoms with E-state index in [1.165, 1.54) is 77.0 Å². The van der Waals surface area contributed by atoms with E-state index in [9.17, 15) is 4.79 Å². The number of amides is 1. The van der Waals surface area contributed by atoms with Crippen molar-refractivity contribution in [1.82, 2.24) is 10.6 Å². The van der Waals surface area contributed by atoms with Crippen molar-refractivity contribution in [3.8, 4) is 0 Å². The topological polar surface area (TPSA) is 41.1 Å². The van der Waals surface area contributed by atoms with Gasteiger partial charge in [-0.2, -0.15) is 0 Å². The van der Waals surface area contributed by atoms with Crippen molar-refractivity contribution in [2.75, 3.05) is 0 Å². The molecule has 3 aliphatic rings. The number of nitrogens with one attached hydrogen (secondary N) is 2. The van der Waals surface area contributed by atoms with Crippen molar-refractivity contribution < 1.29 is 4.79 Å². The lowest BCUT2D eigenvalue weighted by molar-refractivity contribution is -0.131. The Balaban J connectivity index is 1.64. The van der Waals surface area contributed by atoms with E-state index >= 15 is 0 Å². The molecular formula is C20H36N2O. The van der Waals surface area contributed by atoms with Gasteiger partial charge in [-0.1, -0.05) is 38.5 Å². The first kappa shape index (κ1) is 17.3. The zero-order valence-electron chi connectivity index (χ0n) is 15.0. The molecule has 0 aromatic heterocycles. The van der Waals surface area contributed by atoms with Crippen LogP contribution in [-0.2, 0) is 4.79 Å². The Bertz CT molecular complexity index is 354. The fourth-order valence-electron chi connectivity index (χ4n) is 5.32. The quantitative estimate of drug-likeness (QED) is 0.807. The van der Waals surface area contributed by atoms with Crippen molar-refractivity contribution in [2.24, 2.45) is 17.8 Å². The van der Waals surface area contributed by atoms with Crippen molar-refractivity contribution in [3.05, 3.63) is 0 Å². The molecule has 3 rings (SSSR count). The third-order valence-electron chi connectivity index (χ3n) is 6.55. The highest BCUT2D eigenvalue weighted by molar-refractivity contribution is 5.79. The van der Waals surface area contributed by atoms with Crippen LogP contribution in [0, 0.1) is 17.8 Å². The van der Waals surface area contributed by atoms with Gasteiger partial charge in [0, 0.05) is 12.0 Å². The van der Waals surface area contributed by atoms with Crippen molar-refractivity contribution in [2.45, 2.75) is 103 Å². The highest BCUT2D eigenvalue weighted by Gasteiger charge is 2.37. The number of rotatable bonds is 4. The molecule has 1 amide bonds. The normalized spacial score (nSPS) is 31.2. The Morgan fingerprint density at radius 2 is 1.39 bits per heavy atom. The van der Waals surface area contributed by atoms with Crippen LogP contribution in [0.3, 0.4) is 0 Å². The van der Waals surface area contributed by atoms with Gasteiger partial charge >= 0.3 is 0 Å². The molecule has 2 unspecified atom stereocenters. The molecule has 3 fully saturated rings. The number of hydrogen-bond donors (Lipinski definition) is 2. The fraction of sp³-hybridized carbons (Fsp3) is 0.950. The van der Waals surface area contributed by atoms with E-state index in [0.29, 0.717) is 23.8 Å². The molecule has 0 spiro atoms. The number of hydrogen-bond acceptors (Lipinski definition) is 2. The van der Waals surface area contributed by atoms with Gasteiger partial charge in [0.2, 0.25) is 5.91 Å². The maximum Gasteiger partial charge on any atom is 0.224 e. The third kappa shape index (κ3) is 4.71. The van der Waals surface area contributed by atoms with Crippen LogP contribution < -0.4 is 10.6 Å². The lowest BCUT2D eigenvalue weighted by atomic mass is 9.69. The van der Waals surface area contributed by atoms with E-state index in [0.717, 1.165) is 6.42 Å². The Morgan fingerprint density at radius 1 is 0.826 bits per heavy atom. The molecule has 1 saturated heterocycles. The van der Waals surface area contributed by atoms with Gasteiger partial charge in [0.05, 0.1) is 6.17 Å². The van der Waals surface area contributed by atoms with Gasteiger partial charge in [-0.25, -0.2) is 0 Å². The summed E-state index contributed by atoms with van der Waals surface area (Å²) in [6, 6.07) is 0.539. The molecule has 1 heterocycles. The van der Waals surface area contributed by atoms with Crippen LogP contribution in [0.1, 0.15) is 90.4 Å². The van der Waals surface area contributed by atoms with Gasteiger partial charge in [0.25, 0.3) is 0 Å². The molecule has 0 radical (unpaired) electrons. The van der Waals surface area contributed by atoms with Gasteiger partial charge in [0.15, 0.2) is 0 Å². The van der Waals surface area contributed by atoms with Crippen LogP contribution in [0.2, 0.25) is 0 Å². The monoisotopic (exact) mass is 320 g/mol. The summed E-state index contributed by atoms with van der Waals surface area (Å²) in [5.41, 5.74) is 0. The Kier molecular flexibility index (Phi) is 6.38. The SMILES string of the molecule is CC1CCCC(NC(=O)C(C2CCCCC2)C2CCCCC2)N1. The second kappa shape index (κ2) is 8.50. The maximum atomic E-state index is 13.2. The van der Waals surface area contributed by atoms with Crippen LogP contribution in [-0.4, -0.2) is 18.1 Å². The summed E-state index contributed by atoms with van der Waals surface area (Å²) in [6.07, 6.45) is 17.0. The molecule has 0 aromatic rings. The number of piperidine rings is 1. The molecule has 0 bridgehead atoms. The number of carbonyl (C=O) groups excluding carboxylic acids is 1. The Morgan fingerprint density at radius 3 is 1.91 bits per heavy atom. The van der Waals surface area contributed by atoms with E-state index in [4.69, 9.17) is 0 Å². The fourth-order valence-corrected chi connectivity index (χ4v) is 5.32. The molecule has 2 N–H and O–H groups in total. The summed E-state index contributed by atoms with van der Waals surface area (Å²) in [5.74, 6) is 1.95. The molecule has 2 saturated carbocycles. The van der Waals surface area contributed by atoms with Gasteiger partial charge in [0.1, 0.15) is 0 Å². The maximum absolute atomic E-state index is 13.2. The second-order valence-corrected chi connectivity index (χ2v) is 8.38. The molecule has 3 nitrogen and oxygen atoms in total. The molecule has 2 aliphatic carbocycles. The standard InChI is InChI=1S/C20H36N2O/c1-15-9-8-14-18(21-15)22-20(23)19(16-10-4-2-5-11-16)17-12-6-3-7-13-17/h15-19,21H,2-14H2,1H3,(H,22,23). The average molecular weight is 321 g/mol. The molecule has 2 atom stereocenters. The van der Waals surface area contributed by atoms with Crippen LogP contribution in [0.4, 0.5) is 0 Å². The van der Waals surface area contributed by atoms with Gasteiger partial charge in [-0.15, -0.1) is 0 Å². The summed E-state index contributed by atoms with van der Waals surface area (Å²) in [6.45, 7) is 2.23. The van der Waals surface area contributed by atoms with Crippen molar-refractivity contribution in [3.63, 3.8) is 0 Å². The molecular weight excluding hydrogens is 284 g/mol. The van der Waals surface area contributed by atoms with E-state index in [1.807, 2.05) is 0 Å². The second-order valence-electron chi connectivity index (χ2n) is 8.38. The first-order chi connectivity index (χ1) is 11.2. The zero-order valence-corrected chi connectivity index (χ0v) is 15.0. The molecule has 3 heteroatoms. The Labute approximate surface area is 142 Å². The van der Waals surface area contributed by atoms with Gasteiger partial charge in [-0.3, -0.25) is 10.1 Å². The van der Waals surface area contributed by atoms with Crippen LogP contribution in [0.5, 0.6) is 0 Å². The van der Waals surface area contributed by atoms with Crippen molar-refractivity contribution >= 4 is 5.91 Å². The molecule has 0 aromatic carbocycles. The van der Waals surface area contributed by atoms with Crippen LogP contribution in [0.15, 0.2) is 0 Å². The van der Waals surface area contributed by atoms with Gasteiger partial charge in [-0.05, 0) is 63.7 Å².